The Balaban J connectivity index is 2.23. The van der Waals surface area contributed by atoms with E-state index in [1.54, 1.807) is 18.3 Å². The summed E-state index contributed by atoms with van der Waals surface area (Å²) in [6.45, 7) is 3.93. The van der Waals surface area contributed by atoms with Gasteiger partial charge >= 0.3 is 6.18 Å². The third-order valence-electron chi connectivity index (χ3n) is 2.81. The van der Waals surface area contributed by atoms with Gasteiger partial charge in [0.05, 0.1) is 11.1 Å². The number of aromatic nitrogens is 1. The number of alkyl halides is 3. The summed E-state index contributed by atoms with van der Waals surface area (Å²) in [6.07, 6.45) is -2.88. The largest absolute Gasteiger partial charge is 0.416 e. The van der Waals surface area contributed by atoms with E-state index in [9.17, 15) is 18.0 Å². The molecule has 0 aliphatic carbocycles. The second-order valence-corrected chi connectivity index (χ2v) is 6.62. The minimum absolute atomic E-state index is 0.0918. The van der Waals surface area contributed by atoms with E-state index in [0.29, 0.717) is 10.6 Å². The second-order valence-electron chi connectivity index (χ2n) is 5.06. The van der Waals surface area contributed by atoms with Crippen molar-refractivity contribution < 1.29 is 18.0 Å². The van der Waals surface area contributed by atoms with Gasteiger partial charge in [-0.2, -0.15) is 13.2 Å². The van der Waals surface area contributed by atoms with Gasteiger partial charge in [-0.3, -0.25) is 4.79 Å². The van der Waals surface area contributed by atoms with Gasteiger partial charge < -0.3 is 5.32 Å². The lowest BCUT2D eigenvalue weighted by molar-refractivity contribution is -0.137. The van der Waals surface area contributed by atoms with Gasteiger partial charge in [0.25, 0.3) is 5.91 Å². The number of thioether (sulfide) groups is 1. The van der Waals surface area contributed by atoms with E-state index in [2.05, 4.69) is 10.3 Å². The fraction of sp³-hybridized carbons (Fsp3) is 0.250. The Morgan fingerprint density at radius 2 is 1.96 bits per heavy atom. The van der Waals surface area contributed by atoms with E-state index in [-0.39, 0.29) is 10.9 Å². The summed E-state index contributed by atoms with van der Waals surface area (Å²) in [6, 6.07) is 7.75. The summed E-state index contributed by atoms with van der Waals surface area (Å²) in [5, 5.41) is 3.27. The molecule has 0 spiro atoms. The molecule has 0 bridgehead atoms. The molecule has 0 aliphatic rings. The van der Waals surface area contributed by atoms with E-state index in [1.807, 2.05) is 13.8 Å². The molecular weight excluding hydrogens is 325 g/mol. The maximum Gasteiger partial charge on any atom is 0.416 e. The molecule has 0 radical (unpaired) electrons. The number of pyridine rings is 1. The van der Waals surface area contributed by atoms with E-state index in [0.717, 1.165) is 12.1 Å². The molecule has 0 atom stereocenters. The summed E-state index contributed by atoms with van der Waals surface area (Å²) in [7, 11) is 0. The molecule has 1 aromatic carbocycles. The molecule has 1 heterocycles. The zero-order valence-corrected chi connectivity index (χ0v) is 13.3. The van der Waals surface area contributed by atoms with Gasteiger partial charge in [0.15, 0.2) is 0 Å². The minimum Gasteiger partial charge on any atom is -0.322 e. The molecule has 2 aromatic rings. The van der Waals surface area contributed by atoms with Crippen LogP contribution in [0.1, 0.15) is 29.8 Å². The Bertz CT molecular complexity index is 702. The number of anilines is 1. The van der Waals surface area contributed by atoms with Crippen LogP contribution in [0.3, 0.4) is 0 Å². The first-order chi connectivity index (χ1) is 10.8. The molecule has 1 aromatic heterocycles. The van der Waals surface area contributed by atoms with Crippen molar-refractivity contribution >= 4 is 23.4 Å². The first-order valence-corrected chi connectivity index (χ1v) is 7.75. The third-order valence-corrected chi connectivity index (χ3v) is 3.83. The maximum absolute atomic E-state index is 12.7. The molecule has 0 fully saturated rings. The summed E-state index contributed by atoms with van der Waals surface area (Å²) in [4.78, 5) is 16.5. The van der Waals surface area contributed by atoms with Gasteiger partial charge in [-0.25, -0.2) is 4.98 Å². The molecule has 23 heavy (non-hydrogen) atoms. The predicted octanol–water partition coefficient (Wildman–Crippen LogP) is 4.85. The average molecular weight is 340 g/mol. The highest BCUT2D eigenvalue weighted by Crippen LogP contribution is 2.31. The Morgan fingerprint density at radius 3 is 2.61 bits per heavy atom. The van der Waals surface area contributed by atoms with Crippen molar-refractivity contribution in [2.24, 2.45) is 0 Å². The molecular formula is C16H15F3N2OS. The van der Waals surface area contributed by atoms with Crippen LogP contribution in [0.25, 0.3) is 0 Å². The number of nitrogens with one attached hydrogen (secondary N) is 1. The van der Waals surface area contributed by atoms with Crippen LogP contribution in [-0.4, -0.2) is 16.1 Å². The number of amides is 1. The standard InChI is InChI=1S/C16H15F3N2OS/c1-10(2)23-15-13(7-4-8-20-15)14(22)21-12-6-3-5-11(9-12)16(17,18)19/h3-10H,1-2H3,(H,21,22). The zero-order chi connectivity index (χ0) is 17.0. The SMILES string of the molecule is CC(C)Sc1ncccc1C(=O)Nc1cccc(C(F)(F)F)c1. The lowest BCUT2D eigenvalue weighted by Crippen LogP contribution is -2.15. The van der Waals surface area contributed by atoms with E-state index in [1.165, 1.54) is 23.9 Å². The number of hydrogen-bond acceptors (Lipinski definition) is 3. The summed E-state index contributed by atoms with van der Waals surface area (Å²) in [5.74, 6) is -0.486. The molecule has 0 saturated carbocycles. The number of rotatable bonds is 4. The lowest BCUT2D eigenvalue weighted by atomic mass is 10.2. The van der Waals surface area contributed by atoms with Crippen molar-refractivity contribution in [3.8, 4) is 0 Å². The van der Waals surface area contributed by atoms with Gasteiger partial charge in [-0.1, -0.05) is 19.9 Å². The Morgan fingerprint density at radius 1 is 1.22 bits per heavy atom. The van der Waals surface area contributed by atoms with Crippen LogP contribution in [0, 0.1) is 0 Å². The van der Waals surface area contributed by atoms with Crippen molar-refractivity contribution in [2.45, 2.75) is 30.3 Å². The van der Waals surface area contributed by atoms with Crippen LogP contribution >= 0.6 is 11.8 Å². The maximum atomic E-state index is 12.7. The monoisotopic (exact) mass is 340 g/mol. The highest BCUT2D eigenvalue weighted by Gasteiger charge is 2.30. The summed E-state index contributed by atoms with van der Waals surface area (Å²) < 4.78 is 38.1. The van der Waals surface area contributed by atoms with Crippen molar-refractivity contribution in [3.63, 3.8) is 0 Å². The van der Waals surface area contributed by atoms with Gasteiger partial charge in [-0.05, 0) is 30.3 Å². The molecule has 2 rings (SSSR count). The number of hydrogen-bond donors (Lipinski definition) is 1. The van der Waals surface area contributed by atoms with Crippen LogP contribution in [0.2, 0.25) is 0 Å². The van der Waals surface area contributed by atoms with Gasteiger partial charge in [-0.15, -0.1) is 11.8 Å². The van der Waals surface area contributed by atoms with Gasteiger partial charge in [0.1, 0.15) is 5.03 Å². The highest BCUT2D eigenvalue weighted by atomic mass is 32.2. The van der Waals surface area contributed by atoms with Crippen molar-refractivity contribution in [3.05, 3.63) is 53.7 Å². The molecule has 7 heteroatoms. The number of carbonyl (C=O) groups excluding carboxylic acids is 1. The molecule has 0 aliphatic heterocycles. The van der Waals surface area contributed by atoms with Crippen molar-refractivity contribution in [1.29, 1.82) is 0 Å². The fourth-order valence-corrected chi connectivity index (χ4v) is 2.71. The number of halogens is 3. The topological polar surface area (TPSA) is 42.0 Å². The fourth-order valence-electron chi connectivity index (χ4n) is 1.85. The second kappa shape index (κ2) is 7.04. The van der Waals surface area contributed by atoms with E-state index >= 15 is 0 Å². The van der Waals surface area contributed by atoms with E-state index < -0.39 is 17.6 Å². The Labute approximate surface area is 136 Å². The predicted molar refractivity (Wildman–Crippen MR) is 84.6 cm³/mol. The molecule has 0 unspecified atom stereocenters. The minimum atomic E-state index is -4.45. The van der Waals surface area contributed by atoms with Crippen LogP contribution in [0.15, 0.2) is 47.6 Å². The van der Waals surface area contributed by atoms with Gasteiger partial charge in [0, 0.05) is 17.1 Å². The Kier molecular flexibility index (Phi) is 5.30. The van der Waals surface area contributed by atoms with E-state index in [4.69, 9.17) is 0 Å². The molecule has 0 saturated heterocycles. The first-order valence-electron chi connectivity index (χ1n) is 6.87. The quantitative estimate of drug-likeness (QED) is 0.809. The Hall–Kier alpha value is -2.02. The van der Waals surface area contributed by atoms with Crippen molar-refractivity contribution in [2.75, 3.05) is 5.32 Å². The van der Waals surface area contributed by atoms with Crippen molar-refractivity contribution in [1.82, 2.24) is 4.98 Å². The average Bonchev–Trinajstić information content (AvgIpc) is 2.46. The molecule has 1 N–H and O–H groups in total. The van der Waals surface area contributed by atoms with Crippen LogP contribution in [-0.2, 0) is 6.18 Å². The summed E-state index contributed by atoms with van der Waals surface area (Å²) in [5.41, 5.74) is -0.379. The van der Waals surface area contributed by atoms with Crippen LogP contribution < -0.4 is 5.32 Å². The number of carbonyl (C=O) groups is 1. The zero-order valence-electron chi connectivity index (χ0n) is 12.5. The van der Waals surface area contributed by atoms with Crippen LogP contribution in [0.5, 0.6) is 0 Å². The summed E-state index contributed by atoms with van der Waals surface area (Å²) >= 11 is 1.42. The molecule has 3 nitrogen and oxygen atoms in total. The van der Waals surface area contributed by atoms with Gasteiger partial charge in [0.2, 0.25) is 0 Å². The molecule has 1 amide bonds. The third kappa shape index (κ3) is 4.72. The highest BCUT2D eigenvalue weighted by molar-refractivity contribution is 7.99. The lowest BCUT2D eigenvalue weighted by Gasteiger charge is -2.12. The smallest absolute Gasteiger partial charge is 0.322 e. The van der Waals surface area contributed by atoms with Crippen LogP contribution in [0.4, 0.5) is 18.9 Å². The number of benzene rings is 1. The normalized spacial score (nSPS) is 11.6. The number of nitrogens with zero attached hydrogens (tertiary/aromatic N) is 1. The first kappa shape index (κ1) is 17.3. The molecule has 122 valence electrons.